The van der Waals surface area contributed by atoms with Gasteiger partial charge in [-0.2, -0.15) is 0 Å². The van der Waals surface area contributed by atoms with E-state index in [1.165, 1.54) is 12.1 Å². The molecule has 5 nitrogen and oxygen atoms in total. The summed E-state index contributed by atoms with van der Waals surface area (Å²) < 4.78 is 15.6. The fourth-order valence-corrected chi connectivity index (χ4v) is 2.80. The highest BCUT2D eigenvalue weighted by Crippen LogP contribution is 2.22. The van der Waals surface area contributed by atoms with Crippen LogP contribution >= 0.6 is 0 Å². The van der Waals surface area contributed by atoms with Crippen molar-refractivity contribution < 1.29 is 9.18 Å². The Balaban J connectivity index is 1.65. The maximum absolute atomic E-state index is 13.8. The number of aromatic nitrogens is 3. The molecule has 0 bridgehead atoms. The topological polar surface area (TPSA) is 59.8 Å². The van der Waals surface area contributed by atoms with E-state index in [0.717, 1.165) is 11.1 Å². The molecule has 3 aromatic carbocycles. The summed E-state index contributed by atoms with van der Waals surface area (Å²) in [6.07, 6.45) is 0. The molecule has 1 heterocycles. The number of amides is 1. The molecule has 128 valence electrons. The van der Waals surface area contributed by atoms with Gasteiger partial charge in [-0.15, -0.1) is 5.10 Å². The van der Waals surface area contributed by atoms with Gasteiger partial charge in [0.2, 0.25) is 0 Å². The van der Waals surface area contributed by atoms with Crippen LogP contribution in [0, 0.1) is 5.82 Å². The molecule has 26 heavy (non-hydrogen) atoms. The van der Waals surface area contributed by atoms with Crippen LogP contribution in [0.15, 0.2) is 72.8 Å². The predicted molar refractivity (Wildman–Crippen MR) is 97.4 cm³/mol. The average molecular weight is 346 g/mol. The van der Waals surface area contributed by atoms with E-state index in [2.05, 4.69) is 15.6 Å². The number of halogens is 1. The van der Waals surface area contributed by atoms with Crippen molar-refractivity contribution in [2.24, 2.45) is 0 Å². The van der Waals surface area contributed by atoms with E-state index in [0.29, 0.717) is 17.7 Å². The number of hydrogen-bond donors (Lipinski definition) is 1. The van der Waals surface area contributed by atoms with Gasteiger partial charge < -0.3 is 5.32 Å². The lowest BCUT2D eigenvalue weighted by molar-refractivity contribution is 0.102. The standard InChI is InChI=1S/C20H15FN4O/c21-16-10-5-4-9-15(16)20(26)22-17-11-6-12-18-19(17)23-24-25(18)13-14-7-2-1-3-8-14/h1-12H,13H2,(H,22,26). The Morgan fingerprint density at radius 1 is 0.962 bits per heavy atom. The summed E-state index contributed by atoms with van der Waals surface area (Å²) in [7, 11) is 0. The van der Waals surface area contributed by atoms with Gasteiger partial charge in [0.05, 0.1) is 23.3 Å². The maximum atomic E-state index is 13.8. The summed E-state index contributed by atoms with van der Waals surface area (Å²) in [6.45, 7) is 0.571. The molecule has 0 fully saturated rings. The number of carbonyl (C=O) groups is 1. The zero-order valence-electron chi connectivity index (χ0n) is 13.8. The van der Waals surface area contributed by atoms with Crippen molar-refractivity contribution in [1.82, 2.24) is 15.0 Å². The Hall–Kier alpha value is -3.54. The molecule has 1 N–H and O–H groups in total. The lowest BCUT2D eigenvalue weighted by Gasteiger charge is -2.07. The first-order valence-electron chi connectivity index (χ1n) is 8.14. The molecule has 0 aliphatic heterocycles. The number of fused-ring (bicyclic) bond motifs is 1. The highest BCUT2D eigenvalue weighted by Gasteiger charge is 2.15. The molecule has 0 aliphatic rings. The van der Waals surface area contributed by atoms with Gasteiger partial charge in [-0.25, -0.2) is 9.07 Å². The molecule has 6 heteroatoms. The van der Waals surface area contributed by atoms with Gasteiger partial charge in [-0.05, 0) is 29.8 Å². The number of benzene rings is 3. The largest absolute Gasteiger partial charge is 0.320 e. The monoisotopic (exact) mass is 346 g/mol. The van der Waals surface area contributed by atoms with Crippen molar-refractivity contribution in [3.05, 3.63) is 89.7 Å². The second-order valence-electron chi connectivity index (χ2n) is 5.84. The van der Waals surface area contributed by atoms with E-state index in [1.807, 2.05) is 42.5 Å². The lowest BCUT2D eigenvalue weighted by atomic mass is 10.2. The molecule has 1 aromatic heterocycles. The number of anilines is 1. The van der Waals surface area contributed by atoms with Gasteiger partial charge in [-0.3, -0.25) is 4.79 Å². The molecule has 0 aliphatic carbocycles. The van der Waals surface area contributed by atoms with Crippen LogP contribution in [0.3, 0.4) is 0 Å². The van der Waals surface area contributed by atoms with Gasteiger partial charge in [0.1, 0.15) is 11.3 Å². The van der Waals surface area contributed by atoms with Crippen LogP contribution < -0.4 is 5.32 Å². The second-order valence-corrected chi connectivity index (χ2v) is 5.84. The van der Waals surface area contributed by atoms with Crippen LogP contribution in [-0.2, 0) is 6.54 Å². The number of hydrogen-bond acceptors (Lipinski definition) is 3. The smallest absolute Gasteiger partial charge is 0.258 e. The summed E-state index contributed by atoms with van der Waals surface area (Å²) in [5.74, 6) is -1.09. The first-order chi connectivity index (χ1) is 12.7. The predicted octanol–water partition coefficient (Wildman–Crippen LogP) is 3.87. The first kappa shape index (κ1) is 16.0. The minimum atomic E-state index is -0.565. The second kappa shape index (κ2) is 6.76. The Morgan fingerprint density at radius 2 is 1.73 bits per heavy atom. The van der Waals surface area contributed by atoms with Crippen LogP contribution in [0.1, 0.15) is 15.9 Å². The van der Waals surface area contributed by atoms with Crippen LogP contribution in [0.2, 0.25) is 0 Å². The van der Waals surface area contributed by atoms with E-state index in [1.54, 1.807) is 22.9 Å². The van der Waals surface area contributed by atoms with Gasteiger partial charge >= 0.3 is 0 Å². The van der Waals surface area contributed by atoms with Crippen LogP contribution in [0.5, 0.6) is 0 Å². The molecular formula is C20H15FN4O. The third-order valence-corrected chi connectivity index (χ3v) is 4.09. The van der Waals surface area contributed by atoms with Crippen molar-refractivity contribution in [1.29, 1.82) is 0 Å². The summed E-state index contributed by atoms with van der Waals surface area (Å²) in [6, 6.07) is 21.2. The van der Waals surface area contributed by atoms with E-state index < -0.39 is 11.7 Å². The summed E-state index contributed by atoms with van der Waals surface area (Å²) in [4.78, 5) is 12.4. The van der Waals surface area contributed by atoms with E-state index >= 15 is 0 Å². The average Bonchev–Trinajstić information content (AvgIpc) is 3.07. The zero-order valence-corrected chi connectivity index (χ0v) is 13.8. The lowest BCUT2D eigenvalue weighted by Crippen LogP contribution is -2.13. The summed E-state index contributed by atoms with van der Waals surface area (Å²) in [5, 5.41) is 11.1. The van der Waals surface area contributed by atoms with Crippen LogP contribution in [0.25, 0.3) is 11.0 Å². The Kier molecular flexibility index (Phi) is 4.15. The molecule has 4 rings (SSSR count). The van der Waals surface area contributed by atoms with Crippen molar-refractivity contribution in [3.8, 4) is 0 Å². The van der Waals surface area contributed by atoms with E-state index in [4.69, 9.17) is 0 Å². The number of carbonyl (C=O) groups excluding carboxylic acids is 1. The summed E-state index contributed by atoms with van der Waals surface area (Å²) >= 11 is 0. The first-order valence-corrected chi connectivity index (χ1v) is 8.14. The van der Waals surface area contributed by atoms with Gasteiger partial charge in [0.25, 0.3) is 5.91 Å². The molecule has 0 unspecified atom stereocenters. The fourth-order valence-electron chi connectivity index (χ4n) is 2.80. The molecule has 0 saturated heterocycles. The van der Waals surface area contributed by atoms with Crippen molar-refractivity contribution in [2.75, 3.05) is 5.32 Å². The molecular weight excluding hydrogens is 331 g/mol. The molecule has 1 amide bonds. The molecule has 0 atom stereocenters. The van der Waals surface area contributed by atoms with E-state index in [9.17, 15) is 9.18 Å². The molecule has 0 radical (unpaired) electrons. The van der Waals surface area contributed by atoms with Crippen molar-refractivity contribution in [3.63, 3.8) is 0 Å². The van der Waals surface area contributed by atoms with Crippen LogP contribution in [-0.4, -0.2) is 20.9 Å². The highest BCUT2D eigenvalue weighted by atomic mass is 19.1. The molecule has 0 saturated carbocycles. The van der Waals surface area contributed by atoms with Gasteiger partial charge in [0.15, 0.2) is 0 Å². The van der Waals surface area contributed by atoms with Gasteiger partial charge in [0, 0.05) is 0 Å². The third kappa shape index (κ3) is 3.04. The van der Waals surface area contributed by atoms with E-state index in [-0.39, 0.29) is 5.56 Å². The normalized spacial score (nSPS) is 10.8. The fraction of sp³-hybridized carbons (Fsp3) is 0.0500. The minimum Gasteiger partial charge on any atom is -0.320 e. The Labute approximate surface area is 149 Å². The Bertz CT molecular complexity index is 1080. The van der Waals surface area contributed by atoms with Gasteiger partial charge in [-0.1, -0.05) is 53.7 Å². The van der Waals surface area contributed by atoms with Crippen molar-refractivity contribution in [2.45, 2.75) is 6.54 Å². The Morgan fingerprint density at radius 3 is 2.54 bits per heavy atom. The van der Waals surface area contributed by atoms with Crippen molar-refractivity contribution >= 4 is 22.6 Å². The molecule has 0 spiro atoms. The SMILES string of the molecule is O=C(Nc1cccc2c1nnn2Cc1ccccc1)c1ccccc1F. The highest BCUT2D eigenvalue weighted by molar-refractivity contribution is 6.08. The molecule has 4 aromatic rings. The minimum absolute atomic E-state index is 0.0128. The number of nitrogens with zero attached hydrogens (tertiary/aromatic N) is 3. The number of nitrogens with one attached hydrogen (secondary N) is 1. The quantitative estimate of drug-likeness (QED) is 0.610. The summed E-state index contributed by atoms with van der Waals surface area (Å²) in [5.41, 5.74) is 2.93. The maximum Gasteiger partial charge on any atom is 0.258 e. The zero-order chi connectivity index (χ0) is 17.9. The van der Waals surface area contributed by atoms with Crippen LogP contribution in [0.4, 0.5) is 10.1 Å². The third-order valence-electron chi connectivity index (χ3n) is 4.09. The number of rotatable bonds is 4.